The van der Waals surface area contributed by atoms with Crippen LogP contribution in [0.1, 0.15) is 11.1 Å². The molecular formula is C25H21N3O2. The van der Waals surface area contributed by atoms with Crippen LogP contribution in [0.2, 0.25) is 0 Å². The van der Waals surface area contributed by atoms with Crippen LogP contribution in [-0.2, 0) is 0 Å². The van der Waals surface area contributed by atoms with Crippen molar-refractivity contribution < 1.29 is 9.47 Å². The summed E-state index contributed by atoms with van der Waals surface area (Å²) >= 11 is 0. The van der Waals surface area contributed by atoms with Crippen molar-refractivity contribution in [3.05, 3.63) is 78.6 Å². The summed E-state index contributed by atoms with van der Waals surface area (Å²) in [6.07, 6.45) is 5.41. The average Bonchev–Trinajstić information content (AvgIpc) is 2.80. The Morgan fingerprint density at radius 3 is 2.67 bits per heavy atom. The molecule has 30 heavy (non-hydrogen) atoms. The van der Waals surface area contributed by atoms with Crippen molar-refractivity contribution in [3.8, 4) is 22.6 Å². The Labute approximate surface area is 175 Å². The maximum Gasteiger partial charge on any atom is 0.161 e. The number of hydrogen-bond acceptors (Lipinski definition) is 5. The third-order valence-corrected chi connectivity index (χ3v) is 5.35. The molecule has 4 aromatic rings. The highest BCUT2D eigenvalue weighted by atomic mass is 16.6. The first kappa shape index (κ1) is 18.2. The van der Waals surface area contributed by atoms with Gasteiger partial charge in [-0.15, -0.1) is 0 Å². The van der Waals surface area contributed by atoms with E-state index in [0.29, 0.717) is 13.2 Å². The lowest BCUT2D eigenvalue weighted by molar-refractivity contribution is 0.171. The van der Waals surface area contributed by atoms with Gasteiger partial charge in [0.15, 0.2) is 17.3 Å². The number of hydrogen-bond donors (Lipinski definition) is 1. The molecule has 3 heterocycles. The van der Waals surface area contributed by atoms with Gasteiger partial charge in [0.25, 0.3) is 0 Å². The Balaban J connectivity index is 1.55. The van der Waals surface area contributed by atoms with Crippen LogP contribution in [0, 0.1) is 6.92 Å². The predicted octanol–water partition coefficient (Wildman–Crippen LogP) is 5.76. The van der Waals surface area contributed by atoms with E-state index < -0.39 is 0 Å². The maximum absolute atomic E-state index is 5.75. The van der Waals surface area contributed by atoms with Crippen LogP contribution in [0.5, 0.6) is 11.5 Å². The van der Waals surface area contributed by atoms with Crippen molar-refractivity contribution in [1.29, 1.82) is 0 Å². The molecule has 2 aromatic carbocycles. The van der Waals surface area contributed by atoms with E-state index in [4.69, 9.17) is 9.47 Å². The molecule has 0 saturated heterocycles. The normalized spacial score (nSPS) is 12.6. The number of pyridine rings is 2. The summed E-state index contributed by atoms with van der Waals surface area (Å²) in [4.78, 5) is 9.08. The van der Waals surface area contributed by atoms with Gasteiger partial charge >= 0.3 is 0 Å². The number of benzene rings is 2. The molecule has 0 atom stereocenters. The van der Waals surface area contributed by atoms with E-state index in [1.807, 2.05) is 36.4 Å². The van der Waals surface area contributed by atoms with Gasteiger partial charge in [-0.3, -0.25) is 4.98 Å². The second kappa shape index (κ2) is 7.52. The highest BCUT2D eigenvalue weighted by Crippen LogP contribution is 2.37. The van der Waals surface area contributed by atoms with Gasteiger partial charge in [-0.05, 0) is 59.5 Å². The molecule has 1 aliphatic heterocycles. The zero-order valence-electron chi connectivity index (χ0n) is 16.7. The van der Waals surface area contributed by atoms with Crippen LogP contribution in [0.4, 0.5) is 11.5 Å². The van der Waals surface area contributed by atoms with Crippen LogP contribution in [0.3, 0.4) is 0 Å². The molecule has 1 aliphatic rings. The summed E-state index contributed by atoms with van der Waals surface area (Å²) in [5.41, 5.74) is 6.16. The van der Waals surface area contributed by atoms with Gasteiger partial charge in [-0.25, -0.2) is 4.98 Å². The van der Waals surface area contributed by atoms with E-state index in [0.717, 1.165) is 56.2 Å². The van der Waals surface area contributed by atoms with Gasteiger partial charge in [0.05, 0.1) is 0 Å². The number of rotatable bonds is 4. The Morgan fingerprint density at radius 2 is 1.80 bits per heavy atom. The molecule has 2 aromatic heterocycles. The van der Waals surface area contributed by atoms with Crippen LogP contribution in [0.25, 0.3) is 28.1 Å². The Morgan fingerprint density at radius 1 is 0.967 bits per heavy atom. The lowest BCUT2D eigenvalue weighted by Gasteiger charge is -2.20. The number of fused-ring (bicyclic) bond motifs is 2. The summed E-state index contributed by atoms with van der Waals surface area (Å²) in [6.45, 7) is 7.16. The molecular weight excluding hydrogens is 374 g/mol. The molecule has 0 radical (unpaired) electrons. The third kappa shape index (κ3) is 3.14. The highest BCUT2D eigenvalue weighted by molar-refractivity contribution is 5.95. The van der Waals surface area contributed by atoms with Crippen molar-refractivity contribution in [1.82, 2.24) is 9.97 Å². The largest absolute Gasteiger partial charge is 0.486 e. The molecule has 5 rings (SSSR count). The quantitative estimate of drug-likeness (QED) is 0.476. The Hall–Kier alpha value is -3.86. The van der Waals surface area contributed by atoms with Crippen molar-refractivity contribution in [2.75, 3.05) is 18.5 Å². The van der Waals surface area contributed by atoms with E-state index in [2.05, 4.69) is 47.0 Å². The van der Waals surface area contributed by atoms with Gasteiger partial charge in [0.1, 0.15) is 18.7 Å². The van der Waals surface area contributed by atoms with Crippen molar-refractivity contribution in [2.24, 2.45) is 0 Å². The lowest BCUT2D eigenvalue weighted by atomic mass is 9.98. The minimum absolute atomic E-state index is 0.573. The summed E-state index contributed by atoms with van der Waals surface area (Å²) in [6, 6.07) is 16.2. The fourth-order valence-corrected chi connectivity index (χ4v) is 3.79. The highest BCUT2D eigenvalue weighted by Gasteiger charge is 2.15. The Kier molecular flexibility index (Phi) is 4.56. The third-order valence-electron chi connectivity index (χ3n) is 5.35. The second-order valence-electron chi connectivity index (χ2n) is 7.12. The fraction of sp³-hybridized carbons (Fsp3) is 0.120. The molecule has 5 nitrogen and oxygen atoms in total. The number of anilines is 2. The Bertz CT molecular complexity index is 1270. The number of ether oxygens (including phenoxy) is 2. The second-order valence-corrected chi connectivity index (χ2v) is 7.12. The van der Waals surface area contributed by atoms with Gasteiger partial charge in [-0.1, -0.05) is 30.9 Å². The molecule has 1 N–H and O–H groups in total. The van der Waals surface area contributed by atoms with E-state index >= 15 is 0 Å². The summed E-state index contributed by atoms with van der Waals surface area (Å²) in [7, 11) is 0. The minimum Gasteiger partial charge on any atom is -0.486 e. The molecule has 0 fully saturated rings. The topological polar surface area (TPSA) is 56.3 Å². The van der Waals surface area contributed by atoms with Crippen molar-refractivity contribution >= 4 is 28.5 Å². The molecule has 0 amide bonds. The molecule has 148 valence electrons. The molecule has 0 aliphatic carbocycles. The number of nitrogens with zero attached hydrogens (tertiary/aromatic N) is 2. The maximum atomic E-state index is 5.75. The first-order chi connectivity index (χ1) is 14.7. The summed E-state index contributed by atoms with van der Waals surface area (Å²) < 4.78 is 11.4. The lowest BCUT2D eigenvalue weighted by Crippen LogP contribution is -2.15. The average molecular weight is 395 g/mol. The van der Waals surface area contributed by atoms with Crippen molar-refractivity contribution in [3.63, 3.8) is 0 Å². The standard InChI is InChI=1S/C25H21N3O2/c1-3-17-9-11-26-24-20(17)10-12-27-25(24)28-21-6-4-5-19(16(21)2)18-7-8-22-23(15-18)30-14-13-29-22/h3-12,15H,1,13-14H2,2H3,(H,27,28). The fourth-order valence-electron chi connectivity index (χ4n) is 3.79. The van der Waals surface area contributed by atoms with Gasteiger partial charge < -0.3 is 14.8 Å². The monoisotopic (exact) mass is 395 g/mol. The minimum atomic E-state index is 0.573. The first-order valence-corrected chi connectivity index (χ1v) is 9.87. The molecule has 0 spiro atoms. The zero-order chi connectivity index (χ0) is 20.5. The van der Waals surface area contributed by atoms with Crippen LogP contribution >= 0.6 is 0 Å². The first-order valence-electron chi connectivity index (χ1n) is 9.87. The van der Waals surface area contributed by atoms with E-state index in [1.54, 1.807) is 12.4 Å². The summed E-state index contributed by atoms with van der Waals surface area (Å²) in [5.74, 6) is 2.30. The molecule has 0 unspecified atom stereocenters. The molecule has 0 saturated carbocycles. The van der Waals surface area contributed by atoms with E-state index in [1.165, 1.54) is 0 Å². The van der Waals surface area contributed by atoms with Crippen molar-refractivity contribution in [2.45, 2.75) is 6.92 Å². The SMILES string of the molecule is C=Cc1ccnc2c(Nc3cccc(-c4ccc5c(c4)OCCO5)c3C)nccc12. The zero-order valence-corrected chi connectivity index (χ0v) is 16.7. The van der Waals surface area contributed by atoms with Crippen LogP contribution < -0.4 is 14.8 Å². The van der Waals surface area contributed by atoms with E-state index in [-0.39, 0.29) is 0 Å². The van der Waals surface area contributed by atoms with Gasteiger partial charge in [0.2, 0.25) is 0 Å². The van der Waals surface area contributed by atoms with Crippen LogP contribution in [-0.4, -0.2) is 23.2 Å². The van der Waals surface area contributed by atoms with Gasteiger partial charge in [0, 0.05) is 23.5 Å². The van der Waals surface area contributed by atoms with Gasteiger partial charge in [-0.2, -0.15) is 0 Å². The summed E-state index contributed by atoms with van der Waals surface area (Å²) in [5, 5.41) is 4.49. The van der Waals surface area contributed by atoms with Crippen LogP contribution in [0.15, 0.2) is 67.5 Å². The smallest absolute Gasteiger partial charge is 0.161 e. The molecule has 0 bridgehead atoms. The number of nitrogens with one attached hydrogen (secondary N) is 1. The predicted molar refractivity (Wildman–Crippen MR) is 121 cm³/mol. The molecule has 5 heteroatoms. The van der Waals surface area contributed by atoms with E-state index in [9.17, 15) is 0 Å². The number of aromatic nitrogens is 2.